The smallest absolute Gasteiger partial charge is 0.0898 e. The van der Waals surface area contributed by atoms with Gasteiger partial charge in [-0.15, -0.1) is 5.10 Å². The van der Waals surface area contributed by atoms with Gasteiger partial charge in [-0.1, -0.05) is 16.8 Å². The Labute approximate surface area is 122 Å². The maximum atomic E-state index is 5.85. The van der Waals surface area contributed by atoms with E-state index in [0.717, 1.165) is 38.5 Å². The van der Waals surface area contributed by atoms with Crippen LogP contribution < -0.4 is 0 Å². The number of nitrogens with zero attached hydrogens (tertiary/aromatic N) is 5. The molecule has 1 aliphatic heterocycles. The first-order valence-corrected chi connectivity index (χ1v) is 6.96. The van der Waals surface area contributed by atoms with Crippen molar-refractivity contribution in [2.24, 2.45) is 0 Å². The van der Waals surface area contributed by atoms with Crippen molar-refractivity contribution in [3.8, 4) is 0 Å². The number of hydrogen-bond acceptors (Lipinski definition) is 5. The number of rotatable bonds is 4. The Kier molecular flexibility index (Phi) is 4.25. The van der Waals surface area contributed by atoms with Crippen molar-refractivity contribution in [1.82, 2.24) is 24.9 Å². The van der Waals surface area contributed by atoms with Crippen molar-refractivity contribution in [3.63, 3.8) is 0 Å². The molecule has 3 heterocycles. The molecule has 0 aliphatic carbocycles. The average Bonchev–Trinajstić information content (AvgIpc) is 2.95. The zero-order valence-corrected chi connectivity index (χ0v) is 11.8. The van der Waals surface area contributed by atoms with Crippen LogP contribution in [0, 0.1) is 0 Å². The van der Waals surface area contributed by atoms with E-state index >= 15 is 0 Å². The monoisotopic (exact) mass is 293 g/mol. The van der Waals surface area contributed by atoms with E-state index in [1.165, 1.54) is 0 Å². The second-order valence-electron chi connectivity index (χ2n) is 4.82. The van der Waals surface area contributed by atoms with E-state index in [1.807, 2.05) is 18.3 Å². The van der Waals surface area contributed by atoms with Crippen molar-refractivity contribution < 1.29 is 4.74 Å². The number of hydrogen-bond donors (Lipinski definition) is 0. The van der Waals surface area contributed by atoms with Gasteiger partial charge in [-0.2, -0.15) is 0 Å². The average molecular weight is 294 g/mol. The first kappa shape index (κ1) is 13.5. The summed E-state index contributed by atoms with van der Waals surface area (Å²) in [6.07, 6.45) is 5.35. The lowest BCUT2D eigenvalue weighted by atomic mass is 10.2. The summed E-state index contributed by atoms with van der Waals surface area (Å²) < 4.78 is 7.57. The highest BCUT2D eigenvalue weighted by Crippen LogP contribution is 2.12. The summed E-state index contributed by atoms with van der Waals surface area (Å²) in [5.41, 5.74) is 1.02. The van der Waals surface area contributed by atoms with Gasteiger partial charge < -0.3 is 4.74 Å². The summed E-state index contributed by atoms with van der Waals surface area (Å²) in [5.74, 6) is 0. The molecular formula is C13H16ClN5O. The van der Waals surface area contributed by atoms with Crippen LogP contribution in [-0.2, 0) is 17.8 Å². The molecule has 1 fully saturated rings. The van der Waals surface area contributed by atoms with Crippen LogP contribution in [-0.4, -0.2) is 50.7 Å². The van der Waals surface area contributed by atoms with Gasteiger partial charge in [-0.3, -0.25) is 9.88 Å². The Balaban J connectivity index is 1.56. The van der Waals surface area contributed by atoms with Crippen LogP contribution in [0.4, 0.5) is 0 Å². The van der Waals surface area contributed by atoms with Gasteiger partial charge in [-0.05, 0) is 12.1 Å². The molecule has 2 aromatic rings. The Morgan fingerprint density at radius 1 is 1.40 bits per heavy atom. The van der Waals surface area contributed by atoms with Gasteiger partial charge in [-0.25, -0.2) is 4.68 Å². The molecule has 1 unspecified atom stereocenters. The highest BCUT2D eigenvalue weighted by molar-refractivity contribution is 6.30. The minimum atomic E-state index is 0.137. The third-order valence-corrected chi connectivity index (χ3v) is 3.48. The van der Waals surface area contributed by atoms with Crippen molar-refractivity contribution in [3.05, 3.63) is 41.4 Å². The van der Waals surface area contributed by atoms with Crippen LogP contribution in [0.25, 0.3) is 0 Å². The number of halogens is 1. The van der Waals surface area contributed by atoms with Gasteiger partial charge in [0.05, 0.1) is 36.2 Å². The molecule has 1 saturated heterocycles. The third-order valence-electron chi connectivity index (χ3n) is 3.26. The second kappa shape index (κ2) is 6.30. The van der Waals surface area contributed by atoms with Crippen LogP contribution in [0.2, 0.25) is 5.02 Å². The number of pyridine rings is 1. The molecule has 6 nitrogen and oxygen atoms in total. The fourth-order valence-corrected chi connectivity index (χ4v) is 2.41. The summed E-state index contributed by atoms with van der Waals surface area (Å²) in [7, 11) is 0. The zero-order chi connectivity index (χ0) is 13.8. The lowest BCUT2D eigenvalue weighted by Crippen LogP contribution is -2.43. The number of ether oxygens (including phenoxy) is 1. The maximum absolute atomic E-state index is 5.85. The van der Waals surface area contributed by atoms with Crippen LogP contribution >= 0.6 is 11.6 Å². The van der Waals surface area contributed by atoms with Crippen LogP contribution in [0.15, 0.2) is 30.7 Å². The van der Waals surface area contributed by atoms with Gasteiger partial charge in [0.2, 0.25) is 0 Å². The van der Waals surface area contributed by atoms with Gasteiger partial charge in [0.1, 0.15) is 0 Å². The minimum absolute atomic E-state index is 0.137. The lowest BCUT2D eigenvalue weighted by Gasteiger charge is -2.32. The highest BCUT2D eigenvalue weighted by Gasteiger charge is 2.21. The van der Waals surface area contributed by atoms with E-state index in [1.54, 1.807) is 17.1 Å². The highest BCUT2D eigenvalue weighted by atomic mass is 35.5. The SMILES string of the molecule is Clc1ccc(CN2CCOC(Cn3ccnn3)C2)nc1. The summed E-state index contributed by atoms with van der Waals surface area (Å²) in [4.78, 5) is 6.67. The fourth-order valence-electron chi connectivity index (χ4n) is 2.30. The van der Waals surface area contributed by atoms with Gasteiger partial charge in [0.25, 0.3) is 0 Å². The van der Waals surface area contributed by atoms with E-state index in [0.29, 0.717) is 5.02 Å². The molecule has 0 aromatic carbocycles. The molecule has 1 aliphatic rings. The maximum Gasteiger partial charge on any atom is 0.0898 e. The first-order chi connectivity index (χ1) is 9.79. The van der Waals surface area contributed by atoms with Crippen LogP contribution in [0.3, 0.4) is 0 Å². The Bertz CT molecular complexity index is 530. The van der Waals surface area contributed by atoms with Crippen molar-refractivity contribution >= 4 is 11.6 Å². The van der Waals surface area contributed by atoms with E-state index in [4.69, 9.17) is 16.3 Å². The molecule has 0 N–H and O–H groups in total. The molecule has 2 aromatic heterocycles. The normalized spacial score (nSPS) is 20.1. The molecule has 0 bridgehead atoms. The molecule has 3 rings (SSSR count). The van der Waals surface area contributed by atoms with Crippen LogP contribution in [0.1, 0.15) is 5.69 Å². The van der Waals surface area contributed by atoms with Crippen molar-refractivity contribution in [2.45, 2.75) is 19.2 Å². The summed E-state index contributed by atoms with van der Waals surface area (Å²) in [5, 5.41) is 8.44. The summed E-state index contributed by atoms with van der Waals surface area (Å²) >= 11 is 5.85. The lowest BCUT2D eigenvalue weighted by molar-refractivity contribution is -0.0407. The largest absolute Gasteiger partial charge is 0.374 e. The zero-order valence-electron chi connectivity index (χ0n) is 11.0. The molecule has 7 heteroatoms. The molecule has 20 heavy (non-hydrogen) atoms. The van der Waals surface area contributed by atoms with E-state index < -0.39 is 0 Å². The molecular weight excluding hydrogens is 278 g/mol. The molecule has 0 saturated carbocycles. The Hall–Kier alpha value is -1.50. The first-order valence-electron chi connectivity index (χ1n) is 6.58. The molecule has 106 valence electrons. The predicted molar refractivity (Wildman–Crippen MR) is 74.3 cm³/mol. The molecule has 1 atom stereocenters. The summed E-state index contributed by atoms with van der Waals surface area (Å²) in [6, 6.07) is 3.83. The quantitative estimate of drug-likeness (QED) is 0.848. The standard InChI is InChI=1S/C13H16ClN5O/c14-11-1-2-12(15-7-11)8-18-5-6-20-13(9-18)10-19-4-3-16-17-19/h1-4,7,13H,5-6,8-10H2. The molecule has 0 radical (unpaired) electrons. The fraction of sp³-hybridized carbons (Fsp3) is 0.462. The number of aromatic nitrogens is 4. The van der Waals surface area contributed by atoms with Gasteiger partial charge >= 0.3 is 0 Å². The van der Waals surface area contributed by atoms with Crippen LogP contribution in [0.5, 0.6) is 0 Å². The predicted octanol–water partition coefficient (Wildman–Crippen LogP) is 1.23. The van der Waals surface area contributed by atoms with E-state index in [9.17, 15) is 0 Å². The second-order valence-corrected chi connectivity index (χ2v) is 5.26. The van der Waals surface area contributed by atoms with Gasteiger partial charge in [0.15, 0.2) is 0 Å². The topological polar surface area (TPSA) is 56.1 Å². The number of morpholine rings is 1. The van der Waals surface area contributed by atoms with Gasteiger partial charge in [0, 0.05) is 32.0 Å². The Morgan fingerprint density at radius 2 is 2.35 bits per heavy atom. The van der Waals surface area contributed by atoms with E-state index in [2.05, 4.69) is 20.2 Å². The summed E-state index contributed by atoms with van der Waals surface area (Å²) in [6.45, 7) is 4.05. The molecule has 0 spiro atoms. The van der Waals surface area contributed by atoms with Crippen molar-refractivity contribution in [2.75, 3.05) is 19.7 Å². The third kappa shape index (κ3) is 3.53. The van der Waals surface area contributed by atoms with Crippen molar-refractivity contribution in [1.29, 1.82) is 0 Å². The van der Waals surface area contributed by atoms with E-state index in [-0.39, 0.29) is 6.10 Å². The minimum Gasteiger partial charge on any atom is -0.374 e. The Morgan fingerprint density at radius 3 is 3.10 bits per heavy atom. The molecule has 0 amide bonds.